The van der Waals surface area contributed by atoms with E-state index in [9.17, 15) is 8.78 Å². The van der Waals surface area contributed by atoms with Crippen LogP contribution in [0.15, 0.2) is 12.1 Å². The van der Waals surface area contributed by atoms with Crippen LogP contribution in [0.5, 0.6) is 5.75 Å². The van der Waals surface area contributed by atoms with Gasteiger partial charge in [0, 0.05) is 32.3 Å². The summed E-state index contributed by atoms with van der Waals surface area (Å²) in [5.41, 5.74) is 0.268. The second-order valence-electron chi connectivity index (χ2n) is 3.86. The molecule has 1 N–H and O–H groups in total. The van der Waals surface area contributed by atoms with Gasteiger partial charge in [-0.25, -0.2) is 8.78 Å². The zero-order valence-corrected chi connectivity index (χ0v) is 9.26. The van der Waals surface area contributed by atoms with Crippen LogP contribution in [0.25, 0.3) is 0 Å². The van der Waals surface area contributed by atoms with Crippen molar-refractivity contribution in [1.82, 2.24) is 5.32 Å². The van der Waals surface area contributed by atoms with Gasteiger partial charge in [0.2, 0.25) is 0 Å². The summed E-state index contributed by atoms with van der Waals surface area (Å²) < 4.78 is 31.8. The fourth-order valence-corrected chi connectivity index (χ4v) is 1.69. The summed E-state index contributed by atoms with van der Waals surface area (Å²) in [6, 6.07) is 2.47. The molecule has 1 aliphatic heterocycles. The van der Waals surface area contributed by atoms with Gasteiger partial charge in [-0.1, -0.05) is 0 Å². The van der Waals surface area contributed by atoms with E-state index in [-0.39, 0.29) is 17.5 Å². The summed E-state index contributed by atoms with van der Waals surface area (Å²) in [4.78, 5) is 1.74. The van der Waals surface area contributed by atoms with E-state index in [0.717, 1.165) is 19.2 Å². The number of nitrogens with zero attached hydrogens (tertiary/aromatic N) is 1. The molecule has 0 saturated carbocycles. The van der Waals surface area contributed by atoms with E-state index in [2.05, 4.69) is 5.32 Å². The van der Waals surface area contributed by atoms with E-state index < -0.39 is 11.6 Å². The highest BCUT2D eigenvalue weighted by molar-refractivity contribution is 5.52. The minimum Gasteiger partial charge on any atom is -0.494 e. The molecule has 1 aliphatic rings. The van der Waals surface area contributed by atoms with Crippen LogP contribution in [0.3, 0.4) is 0 Å². The molecule has 3 nitrogen and oxygen atoms in total. The molecule has 0 spiro atoms. The zero-order valence-electron chi connectivity index (χ0n) is 9.26. The summed E-state index contributed by atoms with van der Waals surface area (Å²) in [7, 11) is 3.08. The van der Waals surface area contributed by atoms with Crippen molar-refractivity contribution in [2.75, 3.05) is 32.1 Å². The molecule has 16 heavy (non-hydrogen) atoms. The van der Waals surface area contributed by atoms with Crippen LogP contribution < -0.4 is 15.0 Å². The Morgan fingerprint density at radius 3 is 2.50 bits per heavy atom. The Bertz CT molecular complexity index is 394. The van der Waals surface area contributed by atoms with Crippen molar-refractivity contribution in [3.63, 3.8) is 0 Å². The fraction of sp³-hybridized carbons (Fsp3) is 0.455. The zero-order chi connectivity index (χ0) is 11.7. The summed E-state index contributed by atoms with van der Waals surface area (Å²) >= 11 is 0. The number of benzene rings is 1. The standard InChI is InChI=1S/C11H14F2N2O/c1-15(7-5-14-6-7)10-3-9(13)11(16-2)4-8(10)12/h3-4,7,14H,5-6H2,1-2H3. The highest BCUT2D eigenvalue weighted by Crippen LogP contribution is 2.28. The number of nitrogens with one attached hydrogen (secondary N) is 1. The van der Waals surface area contributed by atoms with Gasteiger partial charge >= 0.3 is 0 Å². The minimum atomic E-state index is -0.543. The number of anilines is 1. The maximum Gasteiger partial charge on any atom is 0.167 e. The summed E-state index contributed by atoms with van der Waals surface area (Å²) in [6.45, 7) is 1.59. The van der Waals surface area contributed by atoms with Crippen molar-refractivity contribution in [1.29, 1.82) is 0 Å². The SMILES string of the molecule is COc1cc(F)c(N(C)C2CNC2)cc1F. The number of methoxy groups -OCH3 is 1. The highest BCUT2D eigenvalue weighted by atomic mass is 19.1. The number of ether oxygens (including phenoxy) is 1. The molecule has 0 bridgehead atoms. The van der Waals surface area contributed by atoms with E-state index in [4.69, 9.17) is 4.74 Å². The monoisotopic (exact) mass is 228 g/mol. The normalized spacial score (nSPS) is 15.8. The lowest BCUT2D eigenvalue weighted by Crippen LogP contribution is -2.56. The Hall–Kier alpha value is -1.36. The third-order valence-electron chi connectivity index (χ3n) is 2.91. The third-order valence-corrected chi connectivity index (χ3v) is 2.91. The first kappa shape index (κ1) is 11.1. The van der Waals surface area contributed by atoms with Crippen molar-refractivity contribution in [3.8, 4) is 5.75 Å². The maximum absolute atomic E-state index is 13.7. The Morgan fingerprint density at radius 2 is 2.00 bits per heavy atom. The largest absolute Gasteiger partial charge is 0.494 e. The highest BCUT2D eigenvalue weighted by Gasteiger charge is 2.24. The predicted molar refractivity (Wildman–Crippen MR) is 58.0 cm³/mol. The summed E-state index contributed by atoms with van der Waals surface area (Å²) in [5.74, 6) is -1.08. The molecular formula is C11H14F2N2O. The van der Waals surface area contributed by atoms with Gasteiger partial charge in [-0.2, -0.15) is 0 Å². The van der Waals surface area contributed by atoms with Gasteiger partial charge in [0.05, 0.1) is 18.8 Å². The Morgan fingerprint density at radius 1 is 1.31 bits per heavy atom. The number of hydrogen-bond donors (Lipinski definition) is 1. The first-order chi connectivity index (χ1) is 7.63. The molecule has 1 heterocycles. The minimum absolute atomic E-state index is 0.0682. The molecule has 0 amide bonds. The van der Waals surface area contributed by atoms with E-state index in [1.54, 1.807) is 11.9 Å². The van der Waals surface area contributed by atoms with Crippen LogP contribution in [-0.2, 0) is 0 Å². The van der Waals surface area contributed by atoms with Crippen molar-refractivity contribution in [2.45, 2.75) is 6.04 Å². The second-order valence-corrected chi connectivity index (χ2v) is 3.86. The first-order valence-corrected chi connectivity index (χ1v) is 5.10. The van der Waals surface area contributed by atoms with Crippen LogP contribution in [0.1, 0.15) is 0 Å². The molecule has 1 aromatic carbocycles. The molecule has 0 unspecified atom stereocenters. The third kappa shape index (κ3) is 1.82. The van der Waals surface area contributed by atoms with E-state index >= 15 is 0 Å². The molecular weight excluding hydrogens is 214 g/mol. The fourth-order valence-electron chi connectivity index (χ4n) is 1.69. The van der Waals surface area contributed by atoms with Crippen molar-refractivity contribution in [2.24, 2.45) is 0 Å². The smallest absolute Gasteiger partial charge is 0.167 e. The molecule has 0 aliphatic carbocycles. The van der Waals surface area contributed by atoms with Crippen molar-refractivity contribution in [3.05, 3.63) is 23.8 Å². The Labute approximate surface area is 93.0 Å². The number of likely N-dealkylation sites (N-methyl/N-ethyl adjacent to an activating group) is 1. The lowest BCUT2D eigenvalue weighted by molar-refractivity contribution is 0.381. The lowest BCUT2D eigenvalue weighted by Gasteiger charge is -2.37. The average molecular weight is 228 g/mol. The molecule has 1 aromatic rings. The molecule has 1 saturated heterocycles. The van der Waals surface area contributed by atoms with Gasteiger partial charge in [0.25, 0.3) is 0 Å². The van der Waals surface area contributed by atoms with Gasteiger partial charge in [0.1, 0.15) is 5.82 Å². The lowest BCUT2D eigenvalue weighted by atomic mass is 10.1. The molecule has 5 heteroatoms. The summed E-state index contributed by atoms with van der Waals surface area (Å²) in [5, 5.41) is 3.09. The maximum atomic E-state index is 13.7. The van der Waals surface area contributed by atoms with Gasteiger partial charge in [0.15, 0.2) is 11.6 Å². The van der Waals surface area contributed by atoms with Crippen LogP contribution in [0, 0.1) is 11.6 Å². The van der Waals surface area contributed by atoms with Crippen LogP contribution in [0.4, 0.5) is 14.5 Å². The second kappa shape index (κ2) is 4.25. The van der Waals surface area contributed by atoms with Gasteiger partial charge in [-0.15, -0.1) is 0 Å². The molecule has 0 radical (unpaired) electrons. The van der Waals surface area contributed by atoms with Gasteiger partial charge in [-0.05, 0) is 0 Å². The molecule has 2 rings (SSSR count). The Balaban J connectivity index is 2.29. The van der Waals surface area contributed by atoms with Gasteiger partial charge < -0.3 is 15.0 Å². The van der Waals surface area contributed by atoms with Crippen molar-refractivity contribution >= 4 is 5.69 Å². The topological polar surface area (TPSA) is 24.5 Å². The number of halogens is 2. The Kier molecular flexibility index (Phi) is 2.96. The van der Waals surface area contributed by atoms with Gasteiger partial charge in [-0.3, -0.25) is 0 Å². The predicted octanol–water partition coefficient (Wildman–Crippen LogP) is 1.38. The van der Waals surface area contributed by atoms with Crippen LogP contribution in [-0.4, -0.2) is 33.3 Å². The van der Waals surface area contributed by atoms with Crippen LogP contribution >= 0.6 is 0 Å². The number of hydrogen-bond acceptors (Lipinski definition) is 3. The molecule has 0 aromatic heterocycles. The molecule has 1 fully saturated rings. The number of rotatable bonds is 3. The molecule has 88 valence electrons. The van der Waals surface area contributed by atoms with E-state index in [1.165, 1.54) is 13.2 Å². The average Bonchev–Trinajstić information content (AvgIpc) is 2.18. The van der Waals surface area contributed by atoms with Crippen LogP contribution in [0.2, 0.25) is 0 Å². The first-order valence-electron chi connectivity index (χ1n) is 5.10. The molecule has 0 atom stereocenters. The van der Waals surface area contributed by atoms with E-state index in [0.29, 0.717) is 0 Å². The van der Waals surface area contributed by atoms with E-state index in [1.807, 2.05) is 0 Å². The summed E-state index contributed by atoms with van der Waals surface area (Å²) in [6.07, 6.45) is 0. The van der Waals surface area contributed by atoms with Crippen molar-refractivity contribution < 1.29 is 13.5 Å². The quantitative estimate of drug-likeness (QED) is 0.846.